The summed E-state index contributed by atoms with van der Waals surface area (Å²) in [5.41, 5.74) is 1.24. The van der Waals surface area contributed by atoms with Crippen molar-refractivity contribution in [2.45, 2.75) is 38.8 Å². The quantitative estimate of drug-likeness (QED) is 0.894. The first-order chi connectivity index (χ1) is 9.61. The lowest BCUT2D eigenvalue weighted by Crippen LogP contribution is -2.43. The highest BCUT2D eigenvalue weighted by Gasteiger charge is 2.24. The number of hydrogen-bond acceptors (Lipinski definition) is 3. The Morgan fingerprint density at radius 2 is 2.05 bits per heavy atom. The average Bonchev–Trinajstić information content (AvgIpc) is 2.47. The summed E-state index contributed by atoms with van der Waals surface area (Å²) in [6, 6.07) is 9.12. The van der Waals surface area contributed by atoms with Gasteiger partial charge in [0.1, 0.15) is 5.75 Å². The van der Waals surface area contributed by atoms with Gasteiger partial charge in [0.15, 0.2) is 0 Å². The lowest BCUT2D eigenvalue weighted by Gasteiger charge is -2.35. The molecular weight excluding hydrogens is 248 g/mol. The zero-order valence-electron chi connectivity index (χ0n) is 13.2. The standard InChI is InChI=1S/C17H28N2O/c1-13(15-8-7-11-19(3)12-15)18-14(2)16-9-5-6-10-17(16)20-4/h5-6,9-10,13-15,18H,7-8,11-12H2,1-4H3/t13?,14-,15?/m0/s1. The van der Waals surface area contributed by atoms with Crippen molar-refractivity contribution in [1.29, 1.82) is 0 Å². The molecule has 1 heterocycles. The molecule has 1 aliphatic heterocycles. The fraction of sp³-hybridized carbons (Fsp3) is 0.647. The van der Waals surface area contributed by atoms with E-state index in [1.807, 2.05) is 12.1 Å². The normalized spacial score (nSPS) is 23.3. The molecule has 0 aliphatic carbocycles. The maximum atomic E-state index is 5.46. The van der Waals surface area contributed by atoms with E-state index in [1.54, 1.807) is 7.11 Å². The molecule has 1 aromatic rings. The molecule has 0 radical (unpaired) electrons. The fourth-order valence-corrected chi connectivity index (χ4v) is 3.26. The molecular formula is C17H28N2O. The summed E-state index contributed by atoms with van der Waals surface area (Å²) in [5, 5.41) is 3.75. The lowest BCUT2D eigenvalue weighted by atomic mass is 9.91. The monoisotopic (exact) mass is 276 g/mol. The minimum atomic E-state index is 0.313. The Labute approximate surface area is 123 Å². The molecule has 3 atom stereocenters. The molecule has 1 aromatic carbocycles. The van der Waals surface area contributed by atoms with Crippen molar-refractivity contribution in [3.63, 3.8) is 0 Å². The van der Waals surface area contributed by atoms with Crippen molar-refractivity contribution >= 4 is 0 Å². The average molecular weight is 276 g/mol. The number of para-hydroxylation sites is 1. The van der Waals surface area contributed by atoms with Crippen molar-refractivity contribution in [3.8, 4) is 5.75 Å². The Kier molecular flexibility index (Phi) is 5.44. The van der Waals surface area contributed by atoms with Crippen LogP contribution in [0.4, 0.5) is 0 Å². The van der Waals surface area contributed by atoms with E-state index in [0.717, 1.165) is 11.7 Å². The van der Waals surface area contributed by atoms with Gasteiger partial charge in [-0.1, -0.05) is 18.2 Å². The van der Waals surface area contributed by atoms with Crippen LogP contribution in [0, 0.1) is 5.92 Å². The molecule has 0 aromatic heterocycles. The van der Waals surface area contributed by atoms with Crippen LogP contribution in [-0.4, -0.2) is 38.2 Å². The van der Waals surface area contributed by atoms with Gasteiger partial charge in [-0.2, -0.15) is 0 Å². The van der Waals surface area contributed by atoms with Crippen molar-refractivity contribution in [2.24, 2.45) is 5.92 Å². The van der Waals surface area contributed by atoms with Crippen LogP contribution in [0.2, 0.25) is 0 Å². The molecule has 2 unspecified atom stereocenters. The Balaban J connectivity index is 1.98. The molecule has 1 aliphatic rings. The van der Waals surface area contributed by atoms with E-state index in [2.05, 4.69) is 43.2 Å². The van der Waals surface area contributed by atoms with Crippen LogP contribution in [0.25, 0.3) is 0 Å². The van der Waals surface area contributed by atoms with Gasteiger partial charge in [0.2, 0.25) is 0 Å². The molecule has 2 rings (SSSR count). The number of hydrogen-bond donors (Lipinski definition) is 1. The van der Waals surface area contributed by atoms with E-state index in [0.29, 0.717) is 12.1 Å². The summed E-state index contributed by atoms with van der Waals surface area (Å²) in [5.74, 6) is 1.71. The van der Waals surface area contributed by atoms with Crippen molar-refractivity contribution in [3.05, 3.63) is 29.8 Å². The molecule has 0 spiro atoms. The predicted molar refractivity (Wildman–Crippen MR) is 84.2 cm³/mol. The zero-order valence-corrected chi connectivity index (χ0v) is 13.2. The number of benzene rings is 1. The van der Waals surface area contributed by atoms with E-state index >= 15 is 0 Å². The Hall–Kier alpha value is -1.06. The van der Waals surface area contributed by atoms with Crippen LogP contribution in [0.1, 0.15) is 38.3 Å². The van der Waals surface area contributed by atoms with Crippen molar-refractivity contribution < 1.29 is 4.74 Å². The largest absolute Gasteiger partial charge is 0.496 e. The fourth-order valence-electron chi connectivity index (χ4n) is 3.26. The van der Waals surface area contributed by atoms with Gasteiger partial charge in [-0.05, 0) is 52.3 Å². The maximum Gasteiger partial charge on any atom is 0.123 e. The molecule has 20 heavy (non-hydrogen) atoms. The summed E-state index contributed by atoms with van der Waals surface area (Å²) in [7, 11) is 3.97. The number of methoxy groups -OCH3 is 1. The first kappa shape index (κ1) is 15.3. The first-order valence-corrected chi connectivity index (χ1v) is 7.69. The maximum absolute atomic E-state index is 5.46. The van der Waals surface area contributed by atoms with Crippen molar-refractivity contribution in [2.75, 3.05) is 27.2 Å². The second-order valence-electron chi connectivity index (χ2n) is 6.08. The number of piperidine rings is 1. The number of rotatable bonds is 5. The van der Waals surface area contributed by atoms with Crippen LogP contribution in [-0.2, 0) is 0 Å². The summed E-state index contributed by atoms with van der Waals surface area (Å²) < 4.78 is 5.46. The van der Waals surface area contributed by atoms with Gasteiger partial charge in [0, 0.05) is 24.2 Å². The van der Waals surface area contributed by atoms with Crippen LogP contribution in [0.5, 0.6) is 5.75 Å². The van der Waals surface area contributed by atoms with E-state index in [4.69, 9.17) is 4.74 Å². The Morgan fingerprint density at radius 1 is 1.30 bits per heavy atom. The third-order valence-electron chi connectivity index (χ3n) is 4.49. The second-order valence-corrected chi connectivity index (χ2v) is 6.08. The molecule has 0 bridgehead atoms. The van der Waals surface area contributed by atoms with Gasteiger partial charge in [0.05, 0.1) is 7.11 Å². The molecule has 1 N–H and O–H groups in total. The van der Waals surface area contributed by atoms with Crippen LogP contribution in [0.15, 0.2) is 24.3 Å². The molecule has 1 fully saturated rings. The molecule has 3 nitrogen and oxygen atoms in total. The summed E-state index contributed by atoms with van der Waals surface area (Å²) in [6.45, 7) is 6.98. The van der Waals surface area contributed by atoms with E-state index in [-0.39, 0.29) is 0 Å². The molecule has 0 amide bonds. The number of nitrogens with one attached hydrogen (secondary N) is 1. The molecule has 112 valence electrons. The van der Waals surface area contributed by atoms with Gasteiger partial charge in [0.25, 0.3) is 0 Å². The van der Waals surface area contributed by atoms with E-state index < -0.39 is 0 Å². The second kappa shape index (κ2) is 7.09. The number of nitrogens with zero attached hydrogens (tertiary/aromatic N) is 1. The molecule has 3 heteroatoms. The Bertz CT molecular complexity index is 421. The number of likely N-dealkylation sites (tertiary alicyclic amines) is 1. The lowest BCUT2D eigenvalue weighted by molar-refractivity contribution is 0.174. The minimum absolute atomic E-state index is 0.313. The van der Waals surface area contributed by atoms with E-state index in [1.165, 1.54) is 31.5 Å². The van der Waals surface area contributed by atoms with Gasteiger partial charge in [-0.25, -0.2) is 0 Å². The van der Waals surface area contributed by atoms with Gasteiger partial charge < -0.3 is 15.0 Å². The van der Waals surface area contributed by atoms with Gasteiger partial charge in [-0.3, -0.25) is 0 Å². The third-order valence-corrected chi connectivity index (χ3v) is 4.49. The zero-order chi connectivity index (χ0) is 14.5. The van der Waals surface area contributed by atoms with Crippen LogP contribution >= 0.6 is 0 Å². The smallest absolute Gasteiger partial charge is 0.123 e. The highest BCUT2D eigenvalue weighted by molar-refractivity contribution is 5.35. The molecule has 1 saturated heterocycles. The summed E-state index contributed by atoms with van der Waals surface area (Å²) in [6.07, 6.45) is 2.65. The summed E-state index contributed by atoms with van der Waals surface area (Å²) in [4.78, 5) is 2.44. The third kappa shape index (κ3) is 3.74. The van der Waals surface area contributed by atoms with E-state index in [9.17, 15) is 0 Å². The number of ether oxygens (including phenoxy) is 1. The summed E-state index contributed by atoms with van der Waals surface area (Å²) >= 11 is 0. The van der Waals surface area contributed by atoms with Crippen LogP contribution < -0.4 is 10.1 Å². The Morgan fingerprint density at radius 3 is 2.75 bits per heavy atom. The minimum Gasteiger partial charge on any atom is -0.496 e. The highest BCUT2D eigenvalue weighted by atomic mass is 16.5. The van der Waals surface area contributed by atoms with Crippen molar-refractivity contribution in [1.82, 2.24) is 10.2 Å². The van der Waals surface area contributed by atoms with Gasteiger partial charge in [-0.15, -0.1) is 0 Å². The van der Waals surface area contributed by atoms with Crippen LogP contribution in [0.3, 0.4) is 0 Å². The first-order valence-electron chi connectivity index (χ1n) is 7.69. The highest BCUT2D eigenvalue weighted by Crippen LogP contribution is 2.26. The molecule has 0 saturated carbocycles. The van der Waals surface area contributed by atoms with Gasteiger partial charge >= 0.3 is 0 Å². The SMILES string of the molecule is COc1ccccc1[C@H](C)NC(C)C1CCCN(C)C1. The topological polar surface area (TPSA) is 24.5 Å². The predicted octanol–water partition coefficient (Wildman–Crippen LogP) is 3.08.